The molecule has 6 nitrogen and oxygen atoms in total. The molecule has 1 fully saturated rings. The number of fused-ring (bicyclic) bond motifs is 1. The summed E-state index contributed by atoms with van der Waals surface area (Å²) in [4.78, 5) is 25.2. The number of nitrogens with zero attached hydrogens (tertiary/aromatic N) is 2. The maximum absolute atomic E-state index is 12.9. The van der Waals surface area contributed by atoms with E-state index >= 15 is 0 Å². The molecule has 2 aromatic heterocycles. The highest BCUT2D eigenvalue weighted by molar-refractivity contribution is 5.98. The highest BCUT2D eigenvalue weighted by Gasteiger charge is 2.25. The first-order valence-electron chi connectivity index (χ1n) is 9.12. The number of aromatic nitrogens is 2. The lowest BCUT2D eigenvalue weighted by molar-refractivity contribution is 0.452. The van der Waals surface area contributed by atoms with Crippen molar-refractivity contribution in [2.75, 3.05) is 5.32 Å². The summed E-state index contributed by atoms with van der Waals surface area (Å²) in [5.41, 5.74) is 1.24. The Labute approximate surface area is 151 Å². The fraction of sp³-hybridized carbons (Fsp3) is 0.400. The Hall–Kier alpha value is -2.76. The first-order valence-corrected chi connectivity index (χ1v) is 9.12. The predicted octanol–water partition coefficient (Wildman–Crippen LogP) is 3.24. The number of hydrogen-bond acceptors (Lipinski definition) is 4. The van der Waals surface area contributed by atoms with Gasteiger partial charge in [0.15, 0.2) is 0 Å². The van der Waals surface area contributed by atoms with Crippen LogP contribution in [0.3, 0.4) is 0 Å². The second-order valence-electron chi connectivity index (χ2n) is 7.04. The van der Waals surface area contributed by atoms with E-state index in [2.05, 4.69) is 5.32 Å². The lowest BCUT2D eigenvalue weighted by Crippen LogP contribution is -2.36. The van der Waals surface area contributed by atoms with Crippen LogP contribution < -0.4 is 16.6 Å². The highest BCUT2D eigenvalue weighted by atomic mass is 16.4. The van der Waals surface area contributed by atoms with Gasteiger partial charge in [-0.15, -0.1) is 0 Å². The molecule has 6 heteroatoms. The van der Waals surface area contributed by atoms with Crippen molar-refractivity contribution in [2.24, 2.45) is 14.1 Å². The van der Waals surface area contributed by atoms with E-state index in [0.29, 0.717) is 23.0 Å². The van der Waals surface area contributed by atoms with Gasteiger partial charge in [0, 0.05) is 20.1 Å². The second kappa shape index (κ2) is 6.52. The number of nitrogens with one attached hydrogen (secondary N) is 1. The molecule has 26 heavy (non-hydrogen) atoms. The maximum Gasteiger partial charge on any atom is 0.333 e. The second-order valence-corrected chi connectivity index (χ2v) is 7.04. The van der Waals surface area contributed by atoms with Gasteiger partial charge in [-0.25, -0.2) is 4.79 Å². The zero-order chi connectivity index (χ0) is 18.3. The molecule has 1 saturated carbocycles. The minimum Gasteiger partial charge on any atom is -0.423 e. The Morgan fingerprint density at radius 3 is 2.38 bits per heavy atom. The SMILES string of the molecule is Cn1c(=O)c2c(-c3ccccc3)c(NC3CCCCC3)oc2n(C)c1=O. The van der Waals surface area contributed by atoms with Crippen LogP contribution in [-0.2, 0) is 14.1 Å². The Kier molecular flexibility index (Phi) is 4.18. The summed E-state index contributed by atoms with van der Waals surface area (Å²) >= 11 is 0. The third-order valence-corrected chi connectivity index (χ3v) is 5.29. The minimum absolute atomic E-state index is 0.315. The normalized spacial score (nSPS) is 15.5. The smallest absolute Gasteiger partial charge is 0.333 e. The summed E-state index contributed by atoms with van der Waals surface area (Å²) in [6, 6.07) is 10.1. The molecule has 1 aliphatic carbocycles. The van der Waals surface area contributed by atoms with Crippen LogP contribution in [0.2, 0.25) is 0 Å². The number of furan rings is 1. The predicted molar refractivity (Wildman–Crippen MR) is 103 cm³/mol. The van der Waals surface area contributed by atoms with E-state index in [1.165, 1.54) is 30.9 Å². The number of anilines is 1. The molecule has 1 N–H and O–H groups in total. The van der Waals surface area contributed by atoms with Crippen LogP contribution >= 0.6 is 0 Å². The fourth-order valence-corrected chi connectivity index (χ4v) is 3.83. The van der Waals surface area contributed by atoms with Gasteiger partial charge >= 0.3 is 5.69 Å². The lowest BCUT2D eigenvalue weighted by atomic mass is 9.95. The molecule has 0 saturated heterocycles. The van der Waals surface area contributed by atoms with Crippen LogP contribution in [0.5, 0.6) is 0 Å². The van der Waals surface area contributed by atoms with Gasteiger partial charge in [-0.3, -0.25) is 13.9 Å². The van der Waals surface area contributed by atoms with Crippen LogP contribution in [0, 0.1) is 0 Å². The fourth-order valence-electron chi connectivity index (χ4n) is 3.83. The van der Waals surface area contributed by atoms with E-state index < -0.39 is 0 Å². The van der Waals surface area contributed by atoms with Gasteiger partial charge in [0.2, 0.25) is 11.6 Å². The Bertz CT molecular complexity index is 1050. The van der Waals surface area contributed by atoms with Gasteiger partial charge in [-0.1, -0.05) is 49.6 Å². The van der Waals surface area contributed by atoms with E-state index in [1.807, 2.05) is 30.3 Å². The number of hydrogen-bond donors (Lipinski definition) is 1. The van der Waals surface area contributed by atoms with Gasteiger partial charge in [-0.05, 0) is 18.4 Å². The Morgan fingerprint density at radius 1 is 1.00 bits per heavy atom. The van der Waals surface area contributed by atoms with Crippen molar-refractivity contribution >= 4 is 17.0 Å². The molecule has 0 radical (unpaired) electrons. The zero-order valence-electron chi connectivity index (χ0n) is 15.1. The van der Waals surface area contributed by atoms with E-state index in [0.717, 1.165) is 28.5 Å². The lowest BCUT2D eigenvalue weighted by Gasteiger charge is -2.23. The number of aryl methyl sites for hydroxylation is 1. The van der Waals surface area contributed by atoms with Crippen molar-refractivity contribution in [1.29, 1.82) is 0 Å². The molecule has 1 aromatic carbocycles. The first-order chi connectivity index (χ1) is 12.6. The van der Waals surface area contributed by atoms with Crippen LogP contribution in [-0.4, -0.2) is 15.2 Å². The van der Waals surface area contributed by atoms with Crippen molar-refractivity contribution in [3.05, 3.63) is 51.2 Å². The van der Waals surface area contributed by atoms with E-state index in [4.69, 9.17) is 4.42 Å². The quantitative estimate of drug-likeness (QED) is 0.785. The average Bonchev–Trinajstić information content (AvgIpc) is 3.05. The van der Waals surface area contributed by atoms with Crippen LogP contribution in [0.25, 0.3) is 22.2 Å². The van der Waals surface area contributed by atoms with E-state index in [-0.39, 0.29) is 11.2 Å². The topological polar surface area (TPSA) is 69.2 Å². The van der Waals surface area contributed by atoms with Crippen LogP contribution in [0.4, 0.5) is 5.88 Å². The van der Waals surface area contributed by atoms with Gasteiger partial charge in [0.1, 0.15) is 5.39 Å². The molecule has 3 aromatic rings. The minimum atomic E-state index is -0.389. The molecule has 0 spiro atoms. The Balaban J connectivity index is 1.98. The molecule has 0 atom stereocenters. The van der Waals surface area contributed by atoms with Gasteiger partial charge in [0.05, 0.1) is 5.56 Å². The molecule has 136 valence electrons. The van der Waals surface area contributed by atoms with Crippen molar-refractivity contribution in [2.45, 2.75) is 38.1 Å². The molecule has 0 amide bonds. The van der Waals surface area contributed by atoms with Crippen molar-refractivity contribution in [3.63, 3.8) is 0 Å². The molecule has 0 aliphatic heterocycles. The molecule has 0 bridgehead atoms. The molecular formula is C20H23N3O3. The molecule has 2 heterocycles. The summed E-state index contributed by atoms with van der Waals surface area (Å²) in [6.07, 6.45) is 5.82. The molecular weight excluding hydrogens is 330 g/mol. The van der Waals surface area contributed by atoms with Crippen molar-refractivity contribution < 1.29 is 4.42 Å². The third kappa shape index (κ3) is 2.66. The largest absolute Gasteiger partial charge is 0.423 e. The standard InChI is InChI=1S/C20H23N3O3/c1-22-18(24)16-15(13-9-5-3-6-10-13)17(21-14-11-7-4-8-12-14)26-19(16)23(2)20(22)25/h3,5-6,9-10,14,21H,4,7-8,11-12H2,1-2H3. The Morgan fingerprint density at radius 2 is 1.69 bits per heavy atom. The zero-order valence-corrected chi connectivity index (χ0v) is 15.1. The van der Waals surface area contributed by atoms with Gasteiger partial charge in [-0.2, -0.15) is 0 Å². The maximum atomic E-state index is 12.9. The first kappa shape index (κ1) is 16.7. The third-order valence-electron chi connectivity index (χ3n) is 5.29. The summed E-state index contributed by atoms with van der Waals surface area (Å²) in [7, 11) is 3.13. The van der Waals surface area contributed by atoms with Crippen LogP contribution in [0.1, 0.15) is 32.1 Å². The summed E-state index contributed by atoms with van der Waals surface area (Å²) in [5.74, 6) is 0.580. The molecule has 0 unspecified atom stereocenters. The molecule has 1 aliphatic rings. The highest BCUT2D eigenvalue weighted by Crippen LogP contribution is 2.37. The van der Waals surface area contributed by atoms with Crippen molar-refractivity contribution in [3.8, 4) is 11.1 Å². The van der Waals surface area contributed by atoms with Crippen LogP contribution in [0.15, 0.2) is 44.3 Å². The average molecular weight is 353 g/mol. The summed E-state index contributed by atoms with van der Waals surface area (Å²) in [5, 5.41) is 3.94. The van der Waals surface area contributed by atoms with Gasteiger partial charge < -0.3 is 9.73 Å². The summed E-state index contributed by atoms with van der Waals surface area (Å²) in [6.45, 7) is 0. The van der Waals surface area contributed by atoms with E-state index in [9.17, 15) is 9.59 Å². The van der Waals surface area contributed by atoms with E-state index in [1.54, 1.807) is 7.05 Å². The number of rotatable bonds is 3. The molecule has 4 rings (SSSR count). The monoisotopic (exact) mass is 353 g/mol. The van der Waals surface area contributed by atoms with Gasteiger partial charge in [0.25, 0.3) is 5.56 Å². The van der Waals surface area contributed by atoms with Crippen molar-refractivity contribution in [1.82, 2.24) is 9.13 Å². The summed E-state index contributed by atoms with van der Waals surface area (Å²) < 4.78 is 8.57. The number of benzene rings is 1.